The summed E-state index contributed by atoms with van der Waals surface area (Å²) in [5.41, 5.74) is -0.155. The van der Waals surface area contributed by atoms with E-state index in [1.54, 1.807) is 0 Å². The lowest BCUT2D eigenvalue weighted by atomic mass is 10.0. The third-order valence-corrected chi connectivity index (χ3v) is 3.38. The quantitative estimate of drug-likeness (QED) is 0.706. The molecule has 94 valence electrons. The predicted octanol–water partition coefficient (Wildman–Crippen LogP) is 0.210. The lowest BCUT2D eigenvalue weighted by molar-refractivity contribution is -0.0303. The van der Waals surface area contributed by atoms with Gasteiger partial charge in [0.05, 0.1) is 24.9 Å². The predicted molar refractivity (Wildman–Crippen MR) is 63.5 cm³/mol. The van der Waals surface area contributed by atoms with Crippen molar-refractivity contribution in [2.45, 2.75) is 44.4 Å². The molecule has 0 radical (unpaired) electrons. The van der Waals surface area contributed by atoms with Crippen LogP contribution in [0.15, 0.2) is 0 Å². The van der Waals surface area contributed by atoms with Crippen LogP contribution in [0.1, 0.15) is 26.7 Å². The van der Waals surface area contributed by atoms with Gasteiger partial charge in [-0.15, -0.1) is 0 Å². The van der Waals surface area contributed by atoms with Crippen LogP contribution in [0.25, 0.3) is 0 Å². The Morgan fingerprint density at radius 3 is 2.81 bits per heavy atom. The van der Waals surface area contributed by atoms with Gasteiger partial charge in [0.1, 0.15) is 0 Å². The SMILES string of the molecule is CC1CN(CC(C)(CO)NC2CC2)CCO1. The first-order chi connectivity index (χ1) is 7.61. The summed E-state index contributed by atoms with van der Waals surface area (Å²) in [6.45, 7) is 8.10. The van der Waals surface area contributed by atoms with Crippen LogP contribution in [0.2, 0.25) is 0 Å². The molecule has 2 atom stereocenters. The summed E-state index contributed by atoms with van der Waals surface area (Å²) >= 11 is 0. The average Bonchev–Trinajstić information content (AvgIpc) is 3.01. The molecule has 0 aromatic carbocycles. The molecule has 2 fully saturated rings. The molecule has 1 aliphatic heterocycles. The molecule has 0 bridgehead atoms. The van der Waals surface area contributed by atoms with Gasteiger partial charge >= 0.3 is 0 Å². The number of rotatable bonds is 5. The molecular formula is C12H24N2O2. The topological polar surface area (TPSA) is 44.7 Å². The van der Waals surface area contributed by atoms with Crippen LogP contribution in [-0.2, 0) is 4.74 Å². The van der Waals surface area contributed by atoms with E-state index in [-0.39, 0.29) is 12.1 Å². The van der Waals surface area contributed by atoms with Crippen molar-refractivity contribution in [2.75, 3.05) is 32.8 Å². The highest BCUT2D eigenvalue weighted by Gasteiger charge is 2.34. The van der Waals surface area contributed by atoms with Crippen LogP contribution in [0.4, 0.5) is 0 Å². The van der Waals surface area contributed by atoms with Crippen molar-refractivity contribution >= 4 is 0 Å². The van der Waals surface area contributed by atoms with Gasteiger partial charge in [0.2, 0.25) is 0 Å². The highest BCUT2D eigenvalue weighted by molar-refractivity contribution is 4.94. The van der Waals surface area contributed by atoms with E-state index in [0.717, 1.165) is 26.2 Å². The molecule has 16 heavy (non-hydrogen) atoms. The van der Waals surface area contributed by atoms with Gasteiger partial charge in [-0.2, -0.15) is 0 Å². The summed E-state index contributed by atoms with van der Waals surface area (Å²) in [6.07, 6.45) is 2.84. The number of morpholine rings is 1. The fraction of sp³-hybridized carbons (Fsp3) is 1.00. The summed E-state index contributed by atoms with van der Waals surface area (Å²) in [4.78, 5) is 2.39. The van der Waals surface area contributed by atoms with E-state index in [1.807, 2.05) is 0 Å². The van der Waals surface area contributed by atoms with Gasteiger partial charge in [0.25, 0.3) is 0 Å². The van der Waals surface area contributed by atoms with Crippen LogP contribution in [0, 0.1) is 0 Å². The molecule has 1 heterocycles. The van der Waals surface area contributed by atoms with Crippen molar-refractivity contribution in [3.8, 4) is 0 Å². The van der Waals surface area contributed by atoms with Crippen molar-refractivity contribution in [3.05, 3.63) is 0 Å². The number of aliphatic hydroxyl groups is 1. The highest BCUT2D eigenvalue weighted by atomic mass is 16.5. The third-order valence-electron chi connectivity index (χ3n) is 3.38. The molecule has 4 heteroatoms. The minimum atomic E-state index is -0.155. The van der Waals surface area contributed by atoms with Crippen LogP contribution >= 0.6 is 0 Å². The van der Waals surface area contributed by atoms with Gasteiger partial charge in [-0.1, -0.05) is 0 Å². The minimum absolute atomic E-state index is 0.155. The number of nitrogens with one attached hydrogen (secondary N) is 1. The lowest BCUT2D eigenvalue weighted by Crippen LogP contribution is -2.57. The molecule has 1 saturated heterocycles. The van der Waals surface area contributed by atoms with E-state index in [0.29, 0.717) is 12.1 Å². The molecule has 2 N–H and O–H groups in total. The summed E-state index contributed by atoms with van der Waals surface area (Å²) in [7, 11) is 0. The largest absolute Gasteiger partial charge is 0.394 e. The second-order valence-corrected chi connectivity index (χ2v) is 5.55. The standard InChI is InChI=1S/C12H24N2O2/c1-10-7-14(5-6-16-10)8-12(2,9-15)13-11-3-4-11/h10-11,13,15H,3-9H2,1-2H3. The van der Waals surface area contributed by atoms with Crippen LogP contribution in [-0.4, -0.2) is 60.5 Å². The van der Waals surface area contributed by atoms with Crippen molar-refractivity contribution < 1.29 is 9.84 Å². The Labute approximate surface area is 98.0 Å². The summed E-state index contributed by atoms with van der Waals surface area (Å²) < 4.78 is 5.53. The first kappa shape index (κ1) is 12.3. The first-order valence-corrected chi connectivity index (χ1v) is 6.34. The molecule has 2 aliphatic rings. The van der Waals surface area contributed by atoms with Crippen LogP contribution in [0.3, 0.4) is 0 Å². The number of hydrogen-bond acceptors (Lipinski definition) is 4. The second kappa shape index (κ2) is 5.00. The number of nitrogens with zero attached hydrogens (tertiary/aromatic N) is 1. The molecule has 4 nitrogen and oxygen atoms in total. The average molecular weight is 228 g/mol. The fourth-order valence-electron chi connectivity index (χ4n) is 2.39. The van der Waals surface area contributed by atoms with E-state index < -0.39 is 0 Å². The van der Waals surface area contributed by atoms with Gasteiger partial charge in [0, 0.05) is 25.7 Å². The van der Waals surface area contributed by atoms with Crippen LogP contribution in [0.5, 0.6) is 0 Å². The van der Waals surface area contributed by atoms with Gasteiger partial charge in [0.15, 0.2) is 0 Å². The van der Waals surface area contributed by atoms with E-state index in [1.165, 1.54) is 12.8 Å². The first-order valence-electron chi connectivity index (χ1n) is 6.34. The lowest BCUT2D eigenvalue weighted by Gasteiger charge is -2.38. The van der Waals surface area contributed by atoms with Gasteiger partial charge in [-0.05, 0) is 26.7 Å². The molecule has 0 aromatic heterocycles. The summed E-state index contributed by atoms with van der Waals surface area (Å²) in [5, 5.41) is 13.1. The molecule has 0 aromatic rings. The fourth-order valence-corrected chi connectivity index (χ4v) is 2.39. The van der Waals surface area contributed by atoms with Crippen molar-refractivity contribution in [1.29, 1.82) is 0 Å². The van der Waals surface area contributed by atoms with E-state index in [2.05, 4.69) is 24.1 Å². The van der Waals surface area contributed by atoms with Gasteiger partial charge in [-0.25, -0.2) is 0 Å². The Kier molecular flexibility index (Phi) is 3.85. The third kappa shape index (κ3) is 3.42. The van der Waals surface area contributed by atoms with Crippen molar-refractivity contribution in [3.63, 3.8) is 0 Å². The molecule has 2 unspecified atom stereocenters. The highest BCUT2D eigenvalue weighted by Crippen LogP contribution is 2.23. The second-order valence-electron chi connectivity index (χ2n) is 5.55. The Bertz CT molecular complexity index is 233. The Balaban J connectivity index is 1.83. The number of aliphatic hydroxyl groups excluding tert-OH is 1. The molecule has 0 spiro atoms. The van der Waals surface area contributed by atoms with Crippen molar-refractivity contribution in [1.82, 2.24) is 10.2 Å². The van der Waals surface area contributed by atoms with E-state index >= 15 is 0 Å². The smallest absolute Gasteiger partial charge is 0.0674 e. The molecule has 1 aliphatic carbocycles. The Morgan fingerprint density at radius 1 is 1.50 bits per heavy atom. The summed E-state index contributed by atoms with van der Waals surface area (Å²) in [6, 6.07) is 0.635. The minimum Gasteiger partial charge on any atom is -0.394 e. The molecule has 2 rings (SSSR count). The van der Waals surface area contributed by atoms with Crippen molar-refractivity contribution in [2.24, 2.45) is 0 Å². The normalized spacial score (nSPS) is 31.3. The Morgan fingerprint density at radius 2 is 2.25 bits per heavy atom. The van der Waals surface area contributed by atoms with Crippen LogP contribution < -0.4 is 5.32 Å². The number of hydrogen-bond donors (Lipinski definition) is 2. The van der Waals surface area contributed by atoms with Gasteiger partial charge < -0.3 is 15.2 Å². The maximum Gasteiger partial charge on any atom is 0.0674 e. The monoisotopic (exact) mass is 228 g/mol. The Hall–Kier alpha value is -0.160. The maximum atomic E-state index is 9.54. The van der Waals surface area contributed by atoms with E-state index in [9.17, 15) is 5.11 Å². The number of ether oxygens (including phenoxy) is 1. The van der Waals surface area contributed by atoms with E-state index in [4.69, 9.17) is 4.74 Å². The molecule has 0 amide bonds. The van der Waals surface area contributed by atoms with Gasteiger partial charge in [-0.3, -0.25) is 4.90 Å². The molecule has 1 saturated carbocycles. The summed E-state index contributed by atoms with van der Waals surface area (Å²) in [5.74, 6) is 0. The zero-order chi connectivity index (χ0) is 11.6. The zero-order valence-electron chi connectivity index (χ0n) is 10.4. The molecular weight excluding hydrogens is 204 g/mol. The maximum absolute atomic E-state index is 9.54. The zero-order valence-corrected chi connectivity index (χ0v) is 10.4.